The molecule has 0 unspecified atom stereocenters. The lowest BCUT2D eigenvalue weighted by molar-refractivity contribution is -0.137. The number of nitrogens with one attached hydrogen (secondary N) is 2. The molecule has 0 saturated carbocycles. The highest BCUT2D eigenvalue weighted by Crippen LogP contribution is 2.29. The maximum atomic E-state index is 11.7. The van der Waals surface area contributed by atoms with Crippen LogP contribution < -0.4 is 10.6 Å². The molecule has 0 aliphatic rings. The molecule has 0 rings (SSSR count). The van der Waals surface area contributed by atoms with Crippen molar-refractivity contribution in [3.63, 3.8) is 0 Å². The summed E-state index contributed by atoms with van der Waals surface area (Å²) < 4.78 is 0.133. The van der Waals surface area contributed by atoms with E-state index in [-0.39, 0.29) is 17.2 Å². The van der Waals surface area contributed by atoms with Crippen LogP contribution in [0.15, 0.2) is 0 Å². The van der Waals surface area contributed by atoms with Gasteiger partial charge in [-0.2, -0.15) is 11.8 Å². The van der Waals surface area contributed by atoms with Gasteiger partial charge in [-0.25, -0.2) is 4.79 Å². The van der Waals surface area contributed by atoms with Crippen LogP contribution in [0.3, 0.4) is 0 Å². The van der Waals surface area contributed by atoms with E-state index in [1.807, 2.05) is 11.8 Å². The Morgan fingerprint density at radius 2 is 1.67 bits per heavy atom. The summed E-state index contributed by atoms with van der Waals surface area (Å²) in [5, 5.41) is 14.3. The second-order valence-corrected chi connectivity index (χ2v) is 6.54. The van der Waals surface area contributed by atoms with E-state index in [4.69, 9.17) is 5.11 Å². The maximum absolute atomic E-state index is 11.7. The van der Waals surface area contributed by atoms with Crippen molar-refractivity contribution in [3.05, 3.63) is 0 Å². The molecule has 0 aromatic rings. The van der Waals surface area contributed by atoms with E-state index in [0.29, 0.717) is 19.5 Å². The van der Waals surface area contributed by atoms with Crippen molar-refractivity contribution in [2.75, 3.05) is 19.3 Å². The number of carbonyl (C=O) groups excluding carboxylic acids is 1. The lowest BCUT2D eigenvalue weighted by atomic mass is 10.0. The Balaban J connectivity index is 3.65. The molecule has 124 valence electrons. The summed E-state index contributed by atoms with van der Waals surface area (Å²) in [5.41, 5.74) is 0. The van der Waals surface area contributed by atoms with Gasteiger partial charge in [-0.1, -0.05) is 26.7 Å². The quantitative estimate of drug-likeness (QED) is 0.483. The minimum atomic E-state index is -0.739. The molecular formula is C15H30N2O3S. The second kappa shape index (κ2) is 11.7. The third-order valence-corrected chi connectivity index (χ3v) is 5.48. The topological polar surface area (TPSA) is 78.4 Å². The molecule has 0 fully saturated rings. The number of amides is 2. The maximum Gasteiger partial charge on any atom is 0.314 e. The van der Waals surface area contributed by atoms with Gasteiger partial charge in [0.2, 0.25) is 0 Å². The molecule has 21 heavy (non-hydrogen) atoms. The minimum absolute atomic E-state index is 0.110. The monoisotopic (exact) mass is 318 g/mol. The first-order chi connectivity index (χ1) is 9.99. The average Bonchev–Trinajstić information content (AvgIpc) is 2.48. The Kier molecular flexibility index (Phi) is 11.2. The zero-order valence-corrected chi connectivity index (χ0v) is 14.4. The number of hydrogen-bond donors (Lipinski definition) is 3. The smallest absolute Gasteiger partial charge is 0.314 e. The standard InChI is InChI=1S/C15H30N2O3S/c1-4-15(5-2,21-3)12-17-14(20)16-11-9-7-6-8-10-13(18)19/h4-12H2,1-3H3,(H,18,19)(H2,16,17,20). The van der Waals surface area contributed by atoms with E-state index in [9.17, 15) is 9.59 Å². The predicted octanol–water partition coefficient (Wildman–Crippen LogP) is 3.24. The summed E-state index contributed by atoms with van der Waals surface area (Å²) in [5.74, 6) is -0.739. The van der Waals surface area contributed by atoms with Crippen LogP contribution in [-0.2, 0) is 4.79 Å². The lowest BCUT2D eigenvalue weighted by Gasteiger charge is -2.29. The number of thioether (sulfide) groups is 1. The Bertz CT molecular complexity index is 299. The normalized spacial score (nSPS) is 11.2. The van der Waals surface area contributed by atoms with E-state index in [1.54, 1.807) is 0 Å². The summed E-state index contributed by atoms with van der Waals surface area (Å²) in [6, 6.07) is -0.110. The fourth-order valence-corrected chi connectivity index (χ4v) is 2.92. The molecule has 0 aliphatic heterocycles. The largest absolute Gasteiger partial charge is 0.481 e. The molecule has 0 saturated heterocycles. The number of carbonyl (C=O) groups is 2. The number of hydrogen-bond acceptors (Lipinski definition) is 3. The molecule has 0 bridgehead atoms. The van der Waals surface area contributed by atoms with Gasteiger partial charge >= 0.3 is 12.0 Å². The summed E-state index contributed by atoms with van der Waals surface area (Å²) in [4.78, 5) is 22.0. The van der Waals surface area contributed by atoms with Gasteiger partial charge in [0.05, 0.1) is 0 Å². The molecule has 2 amide bonds. The fraction of sp³-hybridized carbons (Fsp3) is 0.867. The zero-order valence-electron chi connectivity index (χ0n) is 13.5. The highest BCUT2D eigenvalue weighted by atomic mass is 32.2. The third kappa shape index (κ3) is 9.61. The number of urea groups is 1. The Morgan fingerprint density at radius 1 is 1.05 bits per heavy atom. The summed E-state index contributed by atoms with van der Waals surface area (Å²) >= 11 is 1.81. The molecule has 3 N–H and O–H groups in total. The van der Waals surface area contributed by atoms with Crippen LogP contribution in [0, 0.1) is 0 Å². The van der Waals surface area contributed by atoms with E-state index in [1.165, 1.54) is 0 Å². The first-order valence-electron chi connectivity index (χ1n) is 7.78. The van der Waals surface area contributed by atoms with Gasteiger partial charge < -0.3 is 15.7 Å². The SMILES string of the molecule is CCC(CC)(CNC(=O)NCCCCCCC(=O)O)SC. The molecule has 0 aromatic carbocycles. The molecule has 0 spiro atoms. The molecule has 0 aliphatic carbocycles. The molecular weight excluding hydrogens is 288 g/mol. The first kappa shape index (κ1) is 20.1. The molecule has 0 atom stereocenters. The zero-order chi connectivity index (χ0) is 16.1. The number of aliphatic carboxylic acids is 1. The Hall–Kier alpha value is -0.910. The van der Waals surface area contributed by atoms with Crippen molar-refractivity contribution >= 4 is 23.8 Å². The van der Waals surface area contributed by atoms with Crippen molar-refractivity contribution in [2.45, 2.75) is 63.5 Å². The number of rotatable bonds is 12. The van der Waals surface area contributed by atoms with Gasteiger partial charge in [0.1, 0.15) is 0 Å². The highest BCUT2D eigenvalue weighted by molar-refractivity contribution is 8.00. The number of carboxylic acid groups (broad SMARTS) is 1. The number of carboxylic acids is 1. The molecule has 6 heteroatoms. The summed E-state index contributed by atoms with van der Waals surface area (Å²) in [7, 11) is 0. The average molecular weight is 318 g/mol. The van der Waals surface area contributed by atoms with Crippen LogP contribution in [0.4, 0.5) is 4.79 Å². The van der Waals surface area contributed by atoms with Crippen LogP contribution in [-0.4, -0.2) is 41.2 Å². The highest BCUT2D eigenvalue weighted by Gasteiger charge is 2.25. The number of unbranched alkanes of at least 4 members (excludes halogenated alkanes) is 3. The van der Waals surface area contributed by atoms with Crippen LogP contribution in [0.5, 0.6) is 0 Å². The Labute approximate surface area is 132 Å². The van der Waals surface area contributed by atoms with Crippen molar-refractivity contribution in [2.24, 2.45) is 0 Å². The minimum Gasteiger partial charge on any atom is -0.481 e. The molecule has 0 heterocycles. The Morgan fingerprint density at radius 3 is 2.19 bits per heavy atom. The van der Waals surface area contributed by atoms with E-state index in [2.05, 4.69) is 30.7 Å². The molecule has 0 radical (unpaired) electrons. The molecule has 5 nitrogen and oxygen atoms in total. The van der Waals surface area contributed by atoms with Crippen molar-refractivity contribution in [3.8, 4) is 0 Å². The van der Waals surface area contributed by atoms with Gasteiger partial charge in [0.15, 0.2) is 0 Å². The van der Waals surface area contributed by atoms with Gasteiger partial charge in [-0.3, -0.25) is 4.79 Å². The van der Waals surface area contributed by atoms with E-state index in [0.717, 1.165) is 32.1 Å². The third-order valence-electron chi connectivity index (χ3n) is 3.90. The molecule has 0 aromatic heterocycles. The van der Waals surface area contributed by atoms with Crippen molar-refractivity contribution < 1.29 is 14.7 Å². The lowest BCUT2D eigenvalue weighted by Crippen LogP contribution is -2.44. The predicted molar refractivity (Wildman–Crippen MR) is 89.0 cm³/mol. The van der Waals surface area contributed by atoms with Gasteiger partial charge in [-0.15, -0.1) is 0 Å². The summed E-state index contributed by atoms with van der Waals surface area (Å²) in [6.07, 6.45) is 7.85. The van der Waals surface area contributed by atoms with Crippen molar-refractivity contribution in [1.82, 2.24) is 10.6 Å². The second-order valence-electron chi connectivity index (χ2n) is 5.26. The van der Waals surface area contributed by atoms with E-state index >= 15 is 0 Å². The van der Waals surface area contributed by atoms with Gasteiger partial charge in [0, 0.05) is 24.3 Å². The van der Waals surface area contributed by atoms with Gasteiger partial charge in [-0.05, 0) is 31.9 Å². The first-order valence-corrected chi connectivity index (χ1v) is 9.00. The van der Waals surface area contributed by atoms with Crippen molar-refractivity contribution in [1.29, 1.82) is 0 Å². The van der Waals surface area contributed by atoms with Crippen LogP contribution in [0.2, 0.25) is 0 Å². The van der Waals surface area contributed by atoms with Crippen LogP contribution in [0.25, 0.3) is 0 Å². The van der Waals surface area contributed by atoms with Crippen LogP contribution >= 0.6 is 11.8 Å². The fourth-order valence-electron chi connectivity index (χ4n) is 2.12. The van der Waals surface area contributed by atoms with E-state index < -0.39 is 5.97 Å². The summed E-state index contributed by atoms with van der Waals surface area (Å²) in [6.45, 7) is 5.63. The van der Waals surface area contributed by atoms with Crippen LogP contribution in [0.1, 0.15) is 58.8 Å². The van der Waals surface area contributed by atoms with Gasteiger partial charge in [0.25, 0.3) is 0 Å².